The number of rotatable bonds is 12. The van der Waals surface area contributed by atoms with E-state index in [9.17, 15) is 18.0 Å². The van der Waals surface area contributed by atoms with Crippen molar-refractivity contribution < 1.29 is 18.0 Å². The third-order valence-electron chi connectivity index (χ3n) is 5.97. The lowest BCUT2D eigenvalue weighted by Crippen LogP contribution is -2.47. The minimum atomic E-state index is -3.53. The molecule has 3 aromatic rings. The average molecular weight is 542 g/mol. The zero-order chi connectivity index (χ0) is 26.8. The van der Waals surface area contributed by atoms with Crippen LogP contribution in [-0.2, 0) is 39.1 Å². The standard InChI is InChI=1S/C28H32ClN3O4S/c1-3-31-37(35,36)25-16-13-22(14-17-25)15-18-27(33)32(20-23-9-5-4-6-10-23)21(2)28(34)30-19-24-11-7-8-12-26(24)29/h4-14,16-17,21,31H,3,15,18-20H2,1-2H3,(H,30,34). The predicted molar refractivity (Wildman–Crippen MR) is 145 cm³/mol. The van der Waals surface area contributed by atoms with Gasteiger partial charge in [-0.05, 0) is 48.2 Å². The number of carbonyl (C=O) groups excluding carboxylic acids is 2. The van der Waals surface area contributed by atoms with Crippen molar-refractivity contribution in [1.29, 1.82) is 0 Å². The van der Waals surface area contributed by atoms with E-state index in [0.717, 1.165) is 16.7 Å². The maximum Gasteiger partial charge on any atom is 0.242 e. The highest BCUT2D eigenvalue weighted by Crippen LogP contribution is 2.17. The van der Waals surface area contributed by atoms with E-state index in [1.807, 2.05) is 48.5 Å². The van der Waals surface area contributed by atoms with Gasteiger partial charge in [0, 0.05) is 31.1 Å². The molecule has 0 aliphatic heterocycles. The molecule has 196 valence electrons. The van der Waals surface area contributed by atoms with Gasteiger partial charge in [0.2, 0.25) is 21.8 Å². The smallest absolute Gasteiger partial charge is 0.242 e. The lowest BCUT2D eigenvalue weighted by molar-refractivity contribution is -0.140. The highest BCUT2D eigenvalue weighted by atomic mass is 35.5. The van der Waals surface area contributed by atoms with Crippen LogP contribution in [0.4, 0.5) is 0 Å². The lowest BCUT2D eigenvalue weighted by atomic mass is 10.1. The second-order valence-electron chi connectivity index (χ2n) is 8.64. The van der Waals surface area contributed by atoms with Crippen molar-refractivity contribution in [3.05, 3.63) is 101 Å². The van der Waals surface area contributed by atoms with Crippen molar-refractivity contribution in [3.8, 4) is 0 Å². The summed E-state index contributed by atoms with van der Waals surface area (Å²) in [7, 11) is -3.53. The molecule has 7 nitrogen and oxygen atoms in total. The third-order valence-corrected chi connectivity index (χ3v) is 7.90. The van der Waals surface area contributed by atoms with Gasteiger partial charge in [-0.1, -0.05) is 79.2 Å². The van der Waals surface area contributed by atoms with Crippen LogP contribution in [0.2, 0.25) is 5.02 Å². The highest BCUT2D eigenvalue weighted by molar-refractivity contribution is 7.89. The van der Waals surface area contributed by atoms with E-state index in [2.05, 4.69) is 10.0 Å². The monoisotopic (exact) mass is 541 g/mol. The van der Waals surface area contributed by atoms with Crippen molar-refractivity contribution in [3.63, 3.8) is 0 Å². The Hall–Kier alpha value is -3.20. The van der Waals surface area contributed by atoms with Crippen LogP contribution in [0.5, 0.6) is 0 Å². The Kier molecular flexibility index (Phi) is 10.3. The van der Waals surface area contributed by atoms with Gasteiger partial charge in [-0.15, -0.1) is 0 Å². The summed E-state index contributed by atoms with van der Waals surface area (Å²) in [5.74, 6) is -0.448. The molecule has 3 aromatic carbocycles. The Morgan fingerprint density at radius 1 is 0.919 bits per heavy atom. The summed E-state index contributed by atoms with van der Waals surface area (Å²) in [6.07, 6.45) is 0.591. The Labute approximate surface area is 223 Å². The molecule has 0 aliphatic carbocycles. The Morgan fingerprint density at radius 2 is 1.57 bits per heavy atom. The van der Waals surface area contributed by atoms with E-state index in [1.54, 1.807) is 36.9 Å². The first-order valence-electron chi connectivity index (χ1n) is 12.1. The van der Waals surface area contributed by atoms with E-state index in [1.165, 1.54) is 12.1 Å². The molecule has 1 unspecified atom stereocenters. The number of amides is 2. The van der Waals surface area contributed by atoms with Gasteiger partial charge in [0.05, 0.1) is 4.90 Å². The van der Waals surface area contributed by atoms with Gasteiger partial charge in [0.25, 0.3) is 0 Å². The zero-order valence-corrected chi connectivity index (χ0v) is 22.6. The predicted octanol–water partition coefficient (Wildman–Crippen LogP) is 4.30. The largest absolute Gasteiger partial charge is 0.350 e. The maximum absolute atomic E-state index is 13.3. The minimum absolute atomic E-state index is 0.173. The van der Waals surface area contributed by atoms with E-state index >= 15 is 0 Å². The van der Waals surface area contributed by atoms with Crippen LogP contribution in [0.15, 0.2) is 83.8 Å². The number of benzene rings is 3. The molecule has 0 radical (unpaired) electrons. The Bertz CT molecular complexity index is 1300. The van der Waals surface area contributed by atoms with Gasteiger partial charge >= 0.3 is 0 Å². The third kappa shape index (κ3) is 8.15. The van der Waals surface area contributed by atoms with Crippen molar-refractivity contribution in [2.45, 2.75) is 50.7 Å². The first kappa shape index (κ1) is 28.4. The number of nitrogens with zero attached hydrogens (tertiary/aromatic N) is 1. The van der Waals surface area contributed by atoms with Crippen LogP contribution in [0.1, 0.15) is 37.0 Å². The summed E-state index contributed by atoms with van der Waals surface area (Å²) in [6, 6.07) is 22.6. The van der Waals surface area contributed by atoms with E-state index < -0.39 is 16.1 Å². The summed E-state index contributed by atoms with van der Waals surface area (Å²) < 4.78 is 26.8. The van der Waals surface area contributed by atoms with Gasteiger partial charge < -0.3 is 10.2 Å². The maximum atomic E-state index is 13.3. The summed E-state index contributed by atoms with van der Waals surface area (Å²) in [5.41, 5.74) is 2.55. The molecule has 3 rings (SSSR count). The molecule has 0 saturated carbocycles. The highest BCUT2D eigenvalue weighted by Gasteiger charge is 2.26. The number of carbonyl (C=O) groups is 2. The molecule has 9 heteroatoms. The first-order chi connectivity index (χ1) is 17.7. The number of sulfonamides is 1. The fraction of sp³-hybridized carbons (Fsp3) is 0.286. The molecular formula is C28H32ClN3O4S. The molecule has 1 atom stereocenters. The van der Waals surface area contributed by atoms with Crippen LogP contribution in [0.25, 0.3) is 0 Å². The second kappa shape index (κ2) is 13.4. The minimum Gasteiger partial charge on any atom is -0.350 e. The molecule has 37 heavy (non-hydrogen) atoms. The molecule has 0 aliphatic rings. The second-order valence-corrected chi connectivity index (χ2v) is 10.8. The normalized spacial score (nSPS) is 12.1. The molecule has 0 spiro atoms. The van der Waals surface area contributed by atoms with Crippen molar-refractivity contribution in [2.75, 3.05) is 6.54 Å². The van der Waals surface area contributed by atoms with Crippen LogP contribution in [0.3, 0.4) is 0 Å². The summed E-state index contributed by atoms with van der Waals surface area (Å²) in [6.45, 7) is 4.29. The lowest BCUT2D eigenvalue weighted by Gasteiger charge is -2.29. The summed E-state index contributed by atoms with van der Waals surface area (Å²) in [5, 5.41) is 3.45. The topological polar surface area (TPSA) is 95.6 Å². The quantitative estimate of drug-likeness (QED) is 0.357. The Balaban J connectivity index is 1.69. The number of hydrogen-bond acceptors (Lipinski definition) is 4. The average Bonchev–Trinajstić information content (AvgIpc) is 2.90. The molecule has 0 heterocycles. The van der Waals surface area contributed by atoms with Gasteiger partial charge in [0.15, 0.2) is 0 Å². The Morgan fingerprint density at radius 3 is 2.22 bits per heavy atom. The molecule has 0 fully saturated rings. The van der Waals surface area contributed by atoms with Gasteiger partial charge in [-0.2, -0.15) is 0 Å². The van der Waals surface area contributed by atoms with E-state index in [4.69, 9.17) is 11.6 Å². The molecule has 0 saturated heterocycles. The molecule has 2 amide bonds. The molecule has 0 bridgehead atoms. The first-order valence-corrected chi connectivity index (χ1v) is 14.0. The fourth-order valence-corrected chi connectivity index (χ4v) is 5.08. The van der Waals surface area contributed by atoms with Crippen molar-refractivity contribution in [2.24, 2.45) is 0 Å². The molecular weight excluding hydrogens is 510 g/mol. The summed E-state index contributed by atoms with van der Waals surface area (Å²) in [4.78, 5) is 28.1. The van der Waals surface area contributed by atoms with Crippen LogP contribution < -0.4 is 10.0 Å². The number of nitrogens with one attached hydrogen (secondary N) is 2. The van der Waals surface area contributed by atoms with Gasteiger partial charge in [-0.25, -0.2) is 13.1 Å². The van der Waals surface area contributed by atoms with Crippen LogP contribution in [-0.4, -0.2) is 37.7 Å². The number of halogens is 1. The summed E-state index contributed by atoms with van der Waals surface area (Å²) >= 11 is 6.20. The van der Waals surface area contributed by atoms with Crippen molar-refractivity contribution >= 4 is 33.4 Å². The van der Waals surface area contributed by atoms with E-state index in [0.29, 0.717) is 24.5 Å². The van der Waals surface area contributed by atoms with Crippen LogP contribution >= 0.6 is 11.6 Å². The molecule has 0 aromatic heterocycles. The van der Waals surface area contributed by atoms with E-state index in [-0.39, 0.29) is 29.7 Å². The van der Waals surface area contributed by atoms with Crippen LogP contribution in [0, 0.1) is 0 Å². The fourth-order valence-electron chi connectivity index (χ4n) is 3.84. The van der Waals surface area contributed by atoms with Gasteiger partial charge in [0.1, 0.15) is 6.04 Å². The zero-order valence-electron chi connectivity index (χ0n) is 21.0. The SMILES string of the molecule is CCNS(=O)(=O)c1ccc(CCC(=O)N(Cc2ccccc2)C(C)C(=O)NCc2ccccc2Cl)cc1. The number of hydrogen-bond donors (Lipinski definition) is 2. The number of aryl methyl sites for hydroxylation is 1. The van der Waals surface area contributed by atoms with Crippen molar-refractivity contribution in [1.82, 2.24) is 14.9 Å². The van der Waals surface area contributed by atoms with Gasteiger partial charge in [-0.3, -0.25) is 9.59 Å². The molecule has 2 N–H and O–H groups in total.